The van der Waals surface area contributed by atoms with Crippen LogP contribution in [0.1, 0.15) is 54.0 Å². The number of esters is 1. The molecule has 0 saturated carbocycles. The van der Waals surface area contributed by atoms with Crippen LogP contribution < -0.4 is 0 Å². The third-order valence-electron chi connectivity index (χ3n) is 4.46. The maximum atomic E-state index is 13.1. The largest absolute Gasteiger partial charge is 0.508 e. The number of benzene rings is 1. The summed E-state index contributed by atoms with van der Waals surface area (Å²) in [6, 6.07) is 6.93. The first-order chi connectivity index (χ1) is 10.4. The van der Waals surface area contributed by atoms with Gasteiger partial charge < -0.3 is 14.3 Å². The molecule has 1 atom stereocenters. The zero-order valence-corrected chi connectivity index (χ0v) is 17.6. The summed E-state index contributed by atoms with van der Waals surface area (Å²) < 4.78 is 11.6. The molecule has 0 aliphatic heterocycles. The van der Waals surface area contributed by atoms with Crippen molar-refractivity contribution >= 4 is 16.5 Å². The van der Waals surface area contributed by atoms with E-state index in [0.717, 1.165) is 5.56 Å². The lowest BCUT2D eigenvalue weighted by atomic mass is 9.59. The van der Waals surface area contributed by atoms with Crippen LogP contribution in [-0.4, -0.2) is 33.3 Å². The van der Waals surface area contributed by atoms with E-state index in [4.69, 9.17) is 9.16 Å². The molecular weight excluding hydrogens is 308 g/mol. The summed E-state index contributed by atoms with van der Waals surface area (Å²) in [6.45, 7) is 13.6. The van der Waals surface area contributed by atoms with E-state index in [1.807, 2.05) is 60.6 Å². The van der Waals surface area contributed by atoms with Crippen molar-refractivity contribution in [1.82, 2.24) is 0 Å². The van der Waals surface area contributed by atoms with Crippen molar-refractivity contribution in [2.75, 3.05) is 0 Å². The van der Waals surface area contributed by atoms with Crippen molar-refractivity contribution in [1.29, 1.82) is 0 Å². The van der Waals surface area contributed by atoms with Gasteiger partial charge in [0, 0.05) is 10.8 Å². The highest BCUT2D eigenvalue weighted by Gasteiger charge is 2.60. The van der Waals surface area contributed by atoms with Crippen molar-refractivity contribution in [2.45, 2.75) is 65.6 Å². The number of carbonyl (C=O) groups excluding carboxylic acids is 1. The van der Waals surface area contributed by atoms with Gasteiger partial charge in [-0.1, -0.05) is 46.8 Å². The summed E-state index contributed by atoms with van der Waals surface area (Å²) in [4.78, 5) is 13.1. The summed E-state index contributed by atoms with van der Waals surface area (Å²) in [5.74, 6) is -0.143. The molecule has 23 heavy (non-hydrogen) atoms. The Hall–Kier alpha value is -1.33. The van der Waals surface area contributed by atoms with Crippen LogP contribution in [-0.2, 0) is 19.4 Å². The van der Waals surface area contributed by atoms with Gasteiger partial charge in [-0.15, -0.1) is 0 Å². The van der Waals surface area contributed by atoms with Crippen LogP contribution >= 0.6 is 0 Å². The second-order valence-electron chi connectivity index (χ2n) is 7.76. The van der Waals surface area contributed by atoms with Crippen molar-refractivity contribution in [3.05, 3.63) is 29.8 Å². The van der Waals surface area contributed by atoms with Crippen LogP contribution in [0.2, 0.25) is 0 Å². The highest BCUT2D eigenvalue weighted by atomic mass is 28.2. The average molecular weight is 339 g/mol. The van der Waals surface area contributed by atoms with Gasteiger partial charge in [0.05, 0.1) is 6.10 Å². The van der Waals surface area contributed by atoms with E-state index >= 15 is 0 Å². The molecule has 1 N–H and O–H groups in total. The Labute approximate surface area is 142 Å². The zero-order valence-electron chi connectivity index (χ0n) is 15.6. The minimum absolute atomic E-state index is 0.197. The van der Waals surface area contributed by atoms with Crippen LogP contribution in [0, 0.1) is 5.41 Å². The first kappa shape index (κ1) is 19.7. The summed E-state index contributed by atoms with van der Waals surface area (Å²) in [6.07, 6.45) is -0.211. The highest BCUT2D eigenvalue weighted by molar-refractivity contribution is 6.01. The smallest absolute Gasteiger partial charge is 0.338 e. The summed E-state index contributed by atoms with van der Waals surface area (Å²) >= 11 is 0. The molecule has 0 bridgehead atoms. The number of rotatable bonds is 5. The van der Waals surface area contributed by atoms with E-state index in [1.54, 1.807) is 12.1 Å². The van der Waals surface area contributed by atoms with Crippen molar-refractivity contribution in [3.8, 4) is 5.75 Å². The predicted octanol–water partition coefficient (Wildman–Crippen LogP) is 2.70. The van der Waals surface area contributed by atoms with Gasteiger partial charge in [0.25, 0.3) is 0 Å². The number of phenols is 1. The molecule has 1 aromatic carbocycles. The molecule has 1 aromatic rings. The Bertz CT molecular complexity index is 543. The van der Waals surface area contributed by atoms with Crippen LogP contribution in [0.25, 0.3) is 0 Å². The van der Waals surface area contributed by atoms with Gasteiger partial charge in [-0.25, -0.2) is 4.79 Å². The maximum absolute atomic E-state index is 13.1. The van der Waals surface area contributed by atoms with Gasteiger partial charge >= 0.3 is 5.97 Å². The Balaban J connectivity index is 3.55. The standard InChI is InChI=1S/C18H30O4Si/c1-12(2)21-15(20)18(22-23,16(3,4)5)17(6,7)13-8-10-14(19)11-9-13/h8-12,19H,1-7,23H3/t18-/m0/s1. The van der Waals surface area contributed by atoms with Gasteiger partial charge in [0.1, 0.15) is 16.2 Å². The van der Waals surface area contributed by atoms with Gasteiger partial charge in [0.15, 0.2) is 5.60 Å². The lowest BCUT2D eigenvalue weighted by molar-refractivity contribution is -0.187. The fourth-order valence-electron chi connectivity index (χ4n) is 3.52. The molecule has 0 unspecified atom stereocenters. The third-order valence-corrected chi connectivity index (χ3v) is 5.07. The fraction of sp³-hybridized carbons (Fsp3) is 0.611. The average Bonchev–Trinajstić information content (AvgIpc) is 2.37. The highest BCUT2D eigenvalue weighted by Crippen LogP contribution is 2.49. The van der Waals surface area contributed by atoms with Gasteiger partial charge in [0.2, 0.25) is 0 Å². The Kier molecular flexibility index (Phi) is 5.70. The summed E-state index contributed by atoms with van der Waals surface area (Å²) in [5, 5.41) is 9.55. The molecule has 1 rings (SSSR count). The summed E-state index contributed by atoms with van der Waals surface area (Å²) in [7, 11) is 0.405. The molecular formula is C18H30O4Si. The second-order valence-corrected chi connectivity index (χ2v) is 8.17. The minimum atomic E-state index is -1.12. The van der Waals surface area contributed by atoms with E-state index < -0.39 is 16.4 Å². The SMILES string of the molecule is CC(C)OC(=O)[C@](O[SiH3])(C(C)(C)C)C(C)(C)c1ccc(O)cc1. The number of hydrogen-bond acceptors (Lipinski definition) is 4. The molecule has 0 aliphatic carbocycles. The third kappa shape index (κ3) is 3.45. The van der Waals surface area contributed by atoms with Crippen LogP contribution in [0.3, 0.4) is 0 Å². The predicted molar refractivity (Wildman–Crippen MR) is 95.6 cm³/mol. The molecule has 0 spiro atoms. The molecule has 0 radical (unpaired) electrons. The molecule has 0 aliphatic rings. The lowest BCUT2D eigenvalue weighted by Crippen LogP contribution is -2.64. The summed E-state index contributed by atoms with van der Waals surface area (Å²) in [5.41, 5.74) is -1.30. The van der Waals surface area contributed by atoms with Gasteiger partial charge in [-0.2, -0.15) is 0 Å². The number of aromatic hydroxyl groups is 1. The molecule has 5 heteroatoms. The molecule has 0 fully saturated rings. The van der Waals surface area contributed by atoms with Crippen LogP contribution in [0.4, 0.5) is 0 Å². The van der Waals surface area contributed by atoms with Gasteiger partial charge in [-0.3, -0.25) is 0 Å². The number of carbonyl (C=O) groups is 1. The first-order valence-corrected chi connectivity index (χ1v) is 8.77. The molecule has 0 aromatic heterocycles. The fourth-order valence-corrected chi connectivity index (χ4v) is 4.81. The topological polar surface area (TPSA) is 55.8 Å². The Morgan fingerprint density at radius 1 is 1.09 bits per heavy atom. The van der Waals surface area contributed by atoms with Crippen LogP contribution in [0.15, 0.2) is 24.3 Å². The molecule has 0 amide bonds. The quantitative estimate of drug-likeness (QED) is 0.662. The lowest BCUT2D eigenvalue weighted by Gasteiger charge is -2.52. The van der Waals surface area contributed by atoms with E-state index in [2.05, 4.69) is 0 Å². The normalized spacial score (nSPS) is 15.5. The molecule has 130 valence electrons. The molecule has 0 saturated heterocycles. The van der Waals surface area contributed by atoms with Crippen molar-refractivity contribution in [2.24, 2.45) is 5.41 Å². The van der Waals surface area contributed by atoms with E-state index in [-0.39, 0.29) is 17.8 Å². The Morgan fingerprint density at radius 3 is 1.91 bits per heavy atom. The Morgan fingerprint density at radius 2 is 1.57 bits per heavy atom. The van der Waals surface area contributed by atoms with E-state index in [9.17, 15) is 9.90 Å². The molecule has 0 heterocycles. The van der Waals surface area contributed by atoms with E-state index in [0.29, 0.717) is 10.5 Å². The minimum Gasteiger partial charge on any atom is -0.508 e. The zero-order chi connectivity index (χ0) is 18.1. The first-order valence-electron chi connectivity index (χ1n) is 7.96. The molecule has 4 nitrogen and oxygen atoms in total. The number of ether oxygens (including phenoxy) is 1. The number of phenolic OH excluding ortho intramolecular Hbond substituents is 1. The maximum Gasteiger partial charge on any atom is 0.338 e. The van der Waals surface area contributed by atoms with E-state index in [1.165, 1.54) is 0 Å². The van der Waals surface area contributed by atoms with Crippen molar-refractivity contribution in [3.63, 3.8) is 0 Å². The van der Waals surface area contributed by atoms with Crippen molar-refractivity contribution < 1.29 is 19.1 Å². The van der Waals surface area contributed by atoms with Gasteiger partial charge in [-0.05, 0) is 31.5 Å². The monoisotopic (exact) mass is 338 g/mol. The number of hydrogen-bond donors (Lipinski definition) is 1. The second kappa shape index (κ2) is 6.65. The van der Waals surface area contributed by atoms with Crippen LogP contribution in [0.5, 0.6) is 5.75 Å².